The maximum Gasteiger partial charge on any atom is 0.419 e. The fraction of sp³-hybridized carbons (Fsp3) is 0.200. The lowest BCUT2D eigenvalue weighted by atomic mass is 10.1. The highest BCUT2D eigenvalue weighted by atomic mass is 16.5. The number of nitrogens with two attached hydrogens (primary N) is 1. The van der Waals surface area contributed by atoms with Crippen LogP contribution in [-0.4, -0.2) is 29.2 Å². The molecule has 0 amide bonds. The van der Waals surface area contributed by atoms with Crippen LogP contribution in [0.15, 0.2) is 57.7 Å². The number of esters is 1. The predicted molar refractivity (Wildman–Crippen MR) is 100 cm³/mol. The Morgan fingerprint density at radius 2 is 1.68 bits per heavy atom. The van der Waals surface area contributed by atoms with Gasteiger partial charge in [0.2, 0.25) is 5.88 Å². The molecule has 1 aromatic heterocycles. The maximum absolute atomic E-state index is 11.4. The van der Waals surface area contributed by atoms with Crippen LogP contribution in [0.5, 0.6) is 17.4 Å². The Morgan fingerprint density at radius 1 is 1.11 bits per heavy atom. The molecule has 0 spiro atoms. The van der Waals surface area contributed by atoms with Crippen molar-refractivity contribution in [3.8, 4) is 17.4 Å². The fourth-order valence-corrected chi connectivity index (χ4v) is 2.65. The predicted octanol–water partition coefficient (Wildman–Crippen LogP) is 2.10. The molecule has 4 N–H and O–H groups in total. The molecule has 0 aliphatic rings. The molecule has 0 bridgehead atoms. The molecule has 0 radical (unpaired) electrons. The first-order valence-electron chi connectivity index (χ1n) is 8.54. The molecule has 1 heterocycles. The first-order chi connectivity index (χ1) is 13.4. The second kappa shape index (κ2) is 8.45. The lowest BCUT2D eigenvalue weighted by molar-refractivity contribution is -0.142. The molecule has 3 rings (SSSR count). The first-order valence-corrected chi connectivity index (χ1v) is 8.54. The topological polar surface area (TPSA) is 128 Å². The van der Waals surface area contributed by atoms with Gasteiger partial charge in [0.05, 0.1) is 7.11 Å². The SMILES string of the molecule is COC(=O)C(N)Cc1ccc(Oc2ccc(Cc3oc(=O)[nH]c3O)cc2)cc1. The summed E-state index contributed by atoms with van der Waals surface area (Å²) in [7, 11) is 1.31. The van der Waals surface area contributed by atoms with Crippen molar-refractivity contribution in [2.24, 2.45) is 5.73 Å². The van der Waals surface area contributed by atoms with Crippen molar-refractivity contribution in [1.29, 1.82) is 0 Å². The number of aromatic amines is 1. The van der Waals surface area contributed by atoms with Gasteiger partial charge >= 0.3 is 11.7 Å². The van der Waals surface area contributed by atoms with Crippen molar-refractivity contribution in [2.75, 3.05) is 7.11 Å². The van der Waals surface area contributed by atoms with Gasteiger partial charge in [-0.1, -0.05) is 24.3 Å². The summed E-state index contributed by atoms with van der Waals surface area (Å²) >= 11 is 0. The number of ether oxygens (including phenoxy) is 2. The summed E-state index contributed by atoms with van der Waals surface area (Å²) in [6.07, 6.45) is 0.657. The van der Waals surface area contributed by atoms with Gasteiger partial charge in [0, 0.05) is 6.42 Å². The van der Waals surface area contributed by atoms with E-state index in [1.54, 1.807) is 24.3 Å². The molecule has 1 unspecified atom stereocenters. The van der Waals surface area contributed by atoms with Crippen molar-refractivity contribution < 1.29 is 23.8 Å². The Morgan fingerprint density at radius 3 is 2.18 bits per heavy atom. The van der Waals surface area contributed by atoms with Crippen LogP contribution in [0.1, 0.15) is 16.9 Å². The molecule has 1 atom stereocenters. The van der Waals surface area contributed by atoms with Crippen LogP contribution in [0.2, 0.25) is 0 Å². The van der Waals surface area contributed by atoms with E-state index in [9.17, 15) is 14.7 Å². The number of hydrogen-bond acceptors (Lipinski definition) is 7. The van der Waals surface area contributed by atoms with Gasteiger partial charge in [-0.05, 0) is 41.8 Å². The zero-order valence-corrected chi connectivity index (χ0v) is 15.2. The highest BCUT2D eigenvalue weighted by Gasteiger charge is 2.14. The second-order valence-corrected chi connectivity index (χ2v) is 6.19. The molecular weight excluding hydrogens is 364 g/mol. The lowest BCUT2D eigenvalue weighted by Gasteiger charge is -2.10. The molecule has 8 heteroatoms. The van der Waals surface area contributed by atoms with Gasteiger partial charge in [-0.3, -0.25) is 9.78 Å². The van der Waals surface area contributed by atoms with Crippen LogP contribution in [-0.2, 0) is 22.4 Å². The number of benzene rings is 2. The van der Waals surface area contributed by atoms with E-state index in [2.05, 4.69) is 9.72 Å². The number of hydrogen-bond donors (Lipinski definition) is 3. The Balaban J connectivity index is 1.60. The minimum Gasteiger partial charge on any atom is -0.492 e. The van der Waals surface area contributed by atoms with Crippen LogP contribution in [0.3, 0.4) is 0 Å². The maximum atomic E-state index is 11.4. The largest absolute Gasteiger partial charge is 0.492 e. The van der Waals surface area contributed by atoms with Crippen LogP contribution in [0.4, 0.5) is 0 Å². The number of carbonyl (C=O) groups excluding carboxylic acids is 1. The van der Waals surface area contributed by atoms with Gasteiger partial charge in [-0.25, -0.2) is 4.79 Å². The molecule has 0 fully saturated rings. The third kappa shape index (κ3) is 4.80. The van der Waals surface area contributed by atoms with Gasteiger partial charge in [0.15, 0.2) is 5.76 Å². The lowest BCUT2D eigenvalue weighted by Crippen LogP contribution is -2.33. The molecular formula is C20H20N2O6. The Bertz CT molecular complexity index is 989. The molecule has 3 aromatic rings. The van der Waals surface area contributed by atoms with Crippen molar-refractivity contribution in [3.05, 3.63) is 76.0 Å². The zero-order valence-electron chi connectivity index (χ0n) is 15.2. The van der Waals surface area contributed by atoms with Crippen LogP contribution in [0, 0.1) is 0 Å². The molecule has 0 aliphatic heterocycles. The summed E-state index contributed by atoms with van der Waals surface area (Å²) in [4.78, 5) is 24.6. The van der Waals surface area contributed by atoms with E-state index in [1.807, 2.05) is 24.3 Å². The number of aromatic nitrogens is 1. The summed E-state index contributed by atoms with van der Waals surface area (Å²) in [5, 5.41) is 9.56. The molecule has 28 heavy (non-hydrogen) atoms. The number of rotatable bonds is 7. The van der Waals surface area contributed by atoms with Crippen molar-refractivity contribution in [3.63, 3.8) is 0 Å². The van der Waals surface area contributed by atoms with E-state index in [4.69, 9.17) is 14.9 Å². The minimum atomic E-state index is -0.701. The van der Waals surface area contributed by atoms with Crippen molar-refractivity contribution >= 4 is 5.97 Å². The number of H-pyrrole nitrogens is 1. The molecule has 146 valence electrons. The van der Waals surface area contributed by atoms with Gasteiger partial charge in [0.1, 0.15) is 17.5 Å². The quantitative estimate of drug-likeness (QED) is 0.532. The molecule has 0 saturated heterocycles. The van der Waals surface area contributed by atoms with E-state index in [0.29, 0.717) is 17.9 Å². The van der Waals surface area contributed by atoms with Crippen LogP contribution in [0.25, 0.3) is 0 Å². The van der Waals surface area contributed by atoms with Gasteiger partial charge in [-0.15, -0.1) is 0 Å². The van der Waals surface area contributed by atoms with Crippen molar-refractivity contribution in [1.82, 2.24) is 4.98 Å². The Hall–Kier alpha value is -3.52. The van der Waals surface area contributed by atoms with Gasteiger partial charge < -0.3 is 24.7 Å². The third-order valence-electron chi connectivity index (χ3n) is 4.11. The monoisotopic (exact) mass is 384 g/mol. The average Bonchev–Trinajstić information content (AvgIpc) is 3.01. The summed E-state index contributed by atoms with van der Waals surface area (Å²) in [6, 6.07) is 13.7. The van der Waals surface area contributed by atoms with Crippen LogP contribution < -0.4 is 16.2 Å². The summed E-state index contributed by atoms with van der Waals surface area (Å²) in [5.74, 6) is 0.0350. The molecule has 0 saturated carbocycles. The highest BCUT2D eigenvalue weighted by molar-refractivity contribution is 5.75. The molecule has 8 nitrogen and oxygen atoms in total. The summed E-state index contributed by atoms with van der Waals surface area (Å²) in [5.41, 5.74) is 7.50. The van der Waals surface area contributed by atoms with E-state index >= 15 is 0 Å². The van der Waals surface area contributed by atoms with E-state index in [0.717, 1.165) is 11.1 Å². The molecule has 2 aromatic carbocycles. The van der Waals surface area contributed by atoms with Gasteiger partial charge in [-0.2, -0.15) is 0 Å². The van der Waals surface area contributed by atoms with E-state index in [-0.39, 0.29) is 18.1 Å². The van der Waals surface area contributed by atoms with Crippen molar-refractivity contribution in [2.45, 2.75) is 18.9 Å². The third-order valence-corrected chi connectivity index (χ3v) is 4.11. The highest BCUT2D eigenvalue weighted by Crippen LogP contribution is 2.24. The normalized spacial score (nSPS) is 11.8. The average molecular weight is 384 g/mol. The first kappa shape index (κ1) is 19.2. The Kier molecular flexibility index (Phi) is 5.81. The summed E-state index contributed by atoms with van der Waals surface area (Å²) < 4.78 is 15.3. The summed E-state index contributed by atoms with van der Waals surface area (Å²) in [6.45, 7) is 0. The standard InChI is InChI=1S/C20H20N2O6/c1-26-19(24)16(21)10-12-2-6-14(7-3-12)27-15-8-4-13(5-9-15)11-17-18(23)22-20(25)28-17/h2-9,16,23H,10-11,21H2,1H3,(H,22,25). The van der Waals surface area contributed by atoms with E-state index in [1.165, 1.54) is 7.11 Å². The Labute approximate surface area is 160 Å². The smallest absolute Gasteiger partial charge is 0.419 e. The van der Waals surface area contributed by atoms with E-state index < -0.39 is 17.8 Å². The number of aromatic hydroxyl groups is 1. The molecule has 0 aliphatic carbocycles. The fourth-order valence-electron chi connectivity index (χ4n) is 2.65. The minimum absolute atomic E-state index is 0.180. The number of methoxy groups -OCH3 is 1. The second-order valence-electron chi connectivity index (χ2n) is 6.19. The zero-order chi connectivity index (χ0) is 20.1. The number of oxazole rings is 1. The van der Waals surface area contributed by atoms with Crippen LogP contribution >= 0.6 is 0 Å². The van der Waals surface area contributed by atoms with Gasteiger partial charge in [0.25, 0.3) is 0 Å². The number of nitrogens with one attached hydrogen (secondary N) is 1. The number of carbonyl (C=O) groups is 1.